The number of nitrogens with one attached hydrogen (secondary N) is 2. The fourth-order valence-corrected chi connectivity index (χ4v) is 2.46. The van der Waals surface area contributed by atoms with Crippen LogP contribution < -0.4 is 10.6 Å². The Morgan fingerprint density at radius 3 is 2.65 bits per heavy atom. The highest BCUT2D eigenvalue weighted by molar-refractivity contribution is 6.30. The lowest BCUT2D eigenvalue weighted by molar-refractivity contribution is -0.136. The lowest BCUT2D eigenvalue weighted by atomic mass is 10.1. The number of furan rings is 1. The number of hydrogen-bond acceptors (Lipinski definition) is 5. The van der Waals surface area contributed by atoms with Gasteiger partial charge in [-0.25, -0.2) is 4.98 Å². The molecular formula is C17H14ClF3N4O. The molecule has 2 N–H and O–H groups in total. The van der Waals surface area contributed by atoms with Gasteiger partial charge in [0.2, 0.25) is 5.95 Å². The van der Waals surface area contributed by atoms with Crippen LogP contribution in [0.25, 0.3) is 0 Å². The van der Waals surface area contributed by atoms with E-state index in [9.17, 15) is 13.2 Å². The average molecular weight is 383 g/mol. The summed E-state index contributed by atoms with van der Waals surface area (Å²) in [6.07, 6.45) is -3.01. The third kappa shape index (κ3) is 4.45. The van der Waals surface area contributed by atoms with Gasteiger partial charge in [0.1, 0.15) is 11.6 Å². The van der Waals surface area contributed by atoms with Gasteiger partial charge in [0.15, 0.2) is 0 Å². The molecule has 0 aliphatic rings. The van der Waals surface area contributed by atoms with Gasteiger partial charge in [-0.3, -0.25) is 0 Å². The van der Waals surface area contributed by atoms with E-state index in [0.717, 1.165) is 6.07 Å². The number of halogens is 4. The molecule has 0 unspecified atom stereocenters. The van der Waals surface area contributed by atoms with Gasteiger partial charge in [-0.15, -0.1) is 0 Å². The monoisotopic (exact) mass is 382 g/mol. The minimum atomic E-state index is -4.56. The second-order valence-corrected chi connectivity index (χ2v) is 5.90. The zero-order valence-electron chi connectivity index (χ0n) is 13.6. The molecule has 0 bridgehead atoms. The van der Waals surface area contributed by atoms with Crippen LogP contribution in [0.5, 0.6) is 0 Å². The number of alkyl halides is 3. The molecule has 3 aromatic rings. The largest absolute Gasteiger partial charge is 0.467 e. The van der Waals surface area contributed by atoms with Gasteiger partial charge in [0.25, 0.3) is 0 Å². The zero-order chi connectivity index (χ0) is 18.7. The van der Waals surface area contributed by atoms with Crippen LogP contribution in [0.2, 0.25) is 5.02 Å². The van der Waals surface area contributed by atoms with Crippen molar-refractivity contribution in [1.29, 1.82) is 0 Å². The summed E-state index contributed by atoms with van der Waals surface area (Å²) < 4.78 is 44.8. The van der Waals surface area contributed by atoms with Crippen LogP contribution in [-0.4, -0.2) is 9.97 Å². The molecule has 136 valence electrons. The van der Waals surface area contributed by atoms with Crippen molar-refractivity contribution in [1.82, 2.24) is 9.97 Å². The Hall–Kier alpha value is -2.74. The Bertz CT molecular complexity index is 898. The number of rotatable bonds is 5. The maximum Gasteiger partial charge on any atom is 0.418 e. The molecule has 0 atom stereocenters. The van der Waals surface area contributed by atoms with E-state index in [2.05, 4.69) is 20.6 Å². The molecule has 2 aromatic heterocycles. The minimum absolute atomic E-state index is 0.00570. The lowest BCUT2D eigenvalue weighted by Gasteiger charge is -2.15. The first kappa shape index (κ1) is 18.1. The first-order chi connectivity index (χ1) is 12.3. The molecule has 0 fully saturated rings. The third-order valence-electron chi connectivity index (χ3n) is 3.41. The van der Waals surface area contributed by atoms with Crippen LogP contribution in [0.3, 0.4) is 0 Å². The summed E-state index contributed by atoms with van der Waals surface area (Å²) in [5, 5.41) is 5.65. The van der Waals surface area contributed by atoms with Crippen LogP contribution in [0, 0.1) is 6.92 Å². The van der Waals surface area contributed by atoms with E-state index in [1.54, 1.807) is 31.4 Å². The molecule has 1 aromatic carbocycles. The maximum atomic E-state index is 13.2. The summed E-state index contributed by atoms with van der Waals surface area (Å²) >= 11 is 5.69. The molecule has 0 aliphatic heterocycles. The highest BCUT2D eigenvalue weighted by atomic mass is 35.5. The second-order valence-electron chi connectivity index (χ2n) is 5.46. The van der Waals surface area contributed by atoms with Gasteiger partial charge in [0, 0.05) is 16.8 Å². The van der Waals surface area contributed by atoms with Gasteiger partial charge in [-0.1, -0.05) is 11.6 Å². The van der Waals surface area contributed by atoms with Gasteiger partial charge in [0.05, 0.1) is 24.1 Å². The molecule has 0 spiro atoms. The highest BCUT2D eigenvalue weighted by Crippen LogP contribution is 2.37. The number of aryl methyl sites for hydroxylation is 1. The molecule has 5 nitrogen and oxygen atoms in total. The smallest absolute Gasteiger partial charge is 0.418 e. The van der Waals surface area contributed by atoms with Crippen LogP contribution >= 0.6 is 11.6 Å². The van der Waals surface area contributed by atoms with E-state index in [-0.39, 0.29) is 16.7 Å². The summed E-state index contributed by atoms with van der Waals surface area (Å²) in [7, 11) is 0. The van der Waals surface area contributed by atoms with Crippen molar-refractivity contribution in [2.45, 2.75) is 19.6 Å². The Balaban J connectivity index is 1.84. The van der Waals surface area contributed by atoms with Crippen LogP contribution in [0.1, 0.15) is 17.0 Å². The Morgan fingerprint density at radius 1 is 1.15 bits per heavy atom. The van der Waals surface area contributed by atoms with Crippen LogP contribution in [0.4, 0.5) is 30.6 Å². The van der Waals surface area contributed by atoms with E-state index in [1.807, 2.05) is 0 Å². The van der Waals surface area contributed by atoms with E-state index in [1.165, 1.54) is 12.1 Å². The highest BCUT2D eigenvalue weighted by Gasteiger charge is 2.34. The van der Waals surface area contributed by atoms with Gasteiger partial charge >= 0.3 is 6.18 Å². The quantitative estimate of drug-likeness (QED) is 0.618. The molecule has 26 heavy (non-hydrogen) atoms. The summed E-state index contributed by atoms with van der Waals surface area (Å²) in [4.78, 5) is 8.33. The van der Waals surface area contributed by atoms with Crippen molar-refractivity contribution < 1.29 is 17.6 Å². The Kier molecular flexibility index (Phi) is 5.03. The normalized spacial score (nSPS) is 11.4. The number of anilines is 3. The SMILES string of the molecule is Cc1cc(NCc2ccco2)nc(Nc2ccc(Cl)cc2C(F)(F)F)n1. The predicted octanol–water partition coefficient (Wildman–Crippen LogP) is 5.41. The molecule has 0 amide bonds. The predicted molar refractivity (Wildman–Crippen MR) is 92.5 cm³/mol. The van der Waals surface area contributed by atoms with E-state index < -0.39 is 11.7 Å². The van der Waals surface area contributed by atoms with E-state index >= 15 is 0 Å². The number of nitrogens with zero attached hydrogens (tertiary/aromatic N) is 2. The van der Waals surface area contributed by atoms with Crippen molar-refractivity contribution in [3.63, 3.8) is 0 Å². The summed E-state index contributed by atoms with van der Waals surface area (Å²) in [6, 6.07) is 8.70. The number of hydrogen-bond donors (Lipinski definition) is 2. The van der Waals surface area contributed by atoms with Crippen molar-refractivity contribution >= 4 is 29.1 Å². The molecule has 0 saturated carbocycles. The van der Waals surface area contributed by atoms with Crippen molar-refractivity contribution in [3.8, 4) is 0 Å². The molecule has 2 heterocycles. The van der Waals surface area contributed by atoms with Crippen molar-refractivity contribution in [2.24, 2.45) is 0 Å². The third-order valence-corrected chi connectivity index (χ3v) is 3.65. The molecule has 0 radical (unpaired) electrons. The fourth-order valence-electron chi connectivity index (χ4n) is 2.29. The summed E-state index contributed by atoms with van der Waals surface area (Å²) in [5.74, 6) is 1.20. The number of aromatic nitrogens is 2. The first-order valence-corrected chi connectivity index (χ1v) is 7.95. The standard InChI is InChI=1S/C17H14ClF3N4O/c1-10-7-15(22-9-12-3-2-6-26-12)25-16(23-10)24-14-5-4-11(18)8-13(14)17(19,20)21/h2-8H,9H2,1H3,(H2,22,23,24,25). The van der Waals surface area contributed by atoms with E-state index in [0.29, 0.717) is 23.8 Å². The van der Waals surface area contributed by atoms with Crippen LogP contribution in [0.15, 0.2) is 47.1 Å². The zero-order valence-corrected chi connectivity index (χ0v) is 14.3. The molecule has 9 heteroatoms. The lowest BCUT2D eigenvalue weighted by Crippen LogP contribution is -2.11. The fraction of sp³-hybridized carbons (Fsp3) is 0.176. The van der Waals surface area contributed by atoms with Gasteiger partial charge < -0.3 is 15.1 Å². The number of benzene rings is 1. The second kappa shape index (κ2) is 7.25. The minimum Gasteiger partial charge on any atom is -0.467 e. The average Bonchev–Trinajstić information content (AvgIpc) is 3.07. The molecular weight excluding hydrogens is 369 g/mol. The summed E-state index contributed by atoms with van der Waals surface area (Å²) in [6.45, 7) is 2.11. The van der Waals surface area contributed by atoms with Crippen molar-refractivity contribution in [2.75, 3.05) is 10.6 Å². The van der Waals surface area contributed by atoms with E-state index in [4.69, 9.17) is 16.0 Å². The Labute approximate surface area is 152 Å². The Morgan fingerprint density at radius 2 is 1.96 bits per heavy atom. The van der Waals surface area contributed by atoms with Crippen LogP contribution in [-0.2, 0) is 12.7 Å². The van der Waals surface area contributed by atoms with Gasteiger partial charge in [-0.05, 0) is 37.3 Å². The maximum absolute atomic E-state index is 13.2. The first-order valence-electron chi connectivity index (χ1n) is 7.57. The topological polar surface area (TPSA) is 63.0 Å². The molecule has 0 aliphatic carbocycles. The summed E-state index contributed by atoms with van der Waals surface area (Å²) in [5.41, 5.74) is -0.475. The van der Waals surface area contributed by atoms with Crippen molar-refractivity contribution in [3.05, 3.63) is 64.7 Å². The van der Waals surface area contributed by atoms with Gasteiger partial charge in [-0.2, -0.15) is 18.2 Å². The molecule has 0 saturated heterocycles. The molecule has 3 rings (SSSR count).